The van der Waals surface area contributed by atoms with E-state index in [9.17, 15) is 4.79 Å². The van der Waals surface area contributed by atoms with Gasteiger partial charge in [0.1, 0.15) is 5.75 Å². The molecule has 4 aromatic rings. The Morgan fingerprint density at radius 1 is 0.879 bits per heavy atom. The molecule has 0 amide bonds. The molecule has 0 aliphatic carbocycles. The first-order valence-electron chi connectivity index (χ1n) is 11.3. The average Bonchev–Trinajstić information content (AvgIpc) is 2.80. The van der Waals surface area contributed by atoms with Crippen LogP contribution in [0.5, 0.6) is 5.75 Å². The molecule has 0 bridgehead atoms. The Morgan fingerprint density at radius 2 is 1.61 bits per heavy atom. The highest BCUT2D eigenvalue weighted by molar-refractivity contribution is 5.86. The van der Waals surface area contributed by atoms with E-state index < -0.39 is 5.97 Å². The van der Waals surface area contributed by atoms with Gasteiger partial charge < -0.3 is 15.2 Å². The minimum atomic E-state index is -0.990. The number of hydrogen-bond donors (Lipinski definition) is 2. The Labute approximate surface area is 194 Å². The van der Waals surface area contributed by atoms with Gasteiger partial charge in [0.2, 0.25) is 0 Å². The van der Waals surface area contributed by atoms with Gasteiger partial charge in [0.25, 0.3) is 0 Å². The fraction of sp³-hybridized carbons (Fsp3) is 0.207. The van der Waals surface area contributed by atoms with E-state index in [1.807, 2.05) is 30.3 Å². The van der Waals surface area contributed by atoms with Gasteiger partial charge in [-0.1, -0.05) is 74.5 Å². The number of rotatable bonds is 9. The Balaban J connectivity index is 1.69. The normalized spacial score (nSPS) is 11.0. The number of nitrogens with one attached hydrogen (secondary N) is 1. The summed E-state index contributed by atoms with van der Waals surface area (Å²) in [6.07, 6.45) is 1.63. The Bertz CT molecular complexity index is 1260. The molecule has 0 atom stereocenters. The third-order valence-electron chi connectivity index (χ3n) is 5.60. The SMILES string of the molecule is CC(C)Cc1ccccc1Nc1ccc(OCC(=O)O)c(Cc2cccc3ccccc23)c1. The highest BCUT2D eigenvalue weighted by Crippen LogP contribution is 2.31. The van der Waals surface area contributed by atoms with Crippen molar-refractivity contribution in [1.29, 1.82) is 0 Å². The number of ether oxygens (including phenoxy) is 1. The van der Waals surface area contributed by atoms with E-state index in [0.717, 1.165) is 23.4 Å². The lowest BCUT2D eigenvalue weighted by molar-refractivity contribution is -0.139. The third-order valence-corrected chi connectivity index (χ3v) is 5.60. The van der Waals surface area contributed by atoms with Crippen LogP contribution in [-0.2, 0) is 17.6 Å². The van der Waals surface area contributed by atoms with E-state index in [-0.39, 0.29) is 6.61 Å². The number of aliphatic carboxylic acids is 1. The van der Waals surface area contributed by atoms with Gasteiger partial charge in [0.15, 0.2) is 6.61 Å². The number of anilines is 2. The average molecular weight is 440 g/mol. The molecule has 4 aromatic carbocycles. The van der Waals surface area contributed by atoms with Crippen molar-refractivity contribution in [3.05, 3.63) is 102 Å². The predicted molar refractivity (Wildman–Crippen MR) is 135 cm³/mol. The van der Waals surface area contributed by atoms with Gasteiger partial charge in [-0.25, -0.2) is 4.79 Å². The smallest absolute Gasteiger partial charge is 0.341 e. The van der Waals surface area contributed by atoms with E-state index >= 15 is 0 Å². The van der Waals surface area contributed by atoms with Crippen LogP contribution >= 0.6 is 0 Å². The zero-order valence-corrected chi connectivity index (χ0v) is 19.0. The molecule has 0 aliphatic heterocycles. The largest absolute Gasteiger partial charge is 0.482 e. The minimum absolute atomic E-state index is 0.369. The van der Waals surface area contributed by atoms with Crippen LogP contribution in [0.1, 0.15) is 30.5 Å². The molecule has 0 saturated carbocycles. The van der Waals surface area contributed by atoms with Crippen LogP contribution in [0.2, 0.25) is 0 Å². The molecule has 168 valence electrons. The highest BCUT2D eigenvalue weighted by Gasteiger charge is 2.12. The zero-order chi connectivity index (χ0) is 23.2. The molecule has 4 nitrogen and oxygen atoms in total. The van der Waals surface area contributed by atoms with Gasteiger partial charge in [-0.2, -0.15) is 0 Å². The predicted octanol–water partition coefficient (Wildman–Crippen LogP) is 6.84. The number of fused-ring (bicyclic) bond motifs is 1. The lowest BCUT2D eigenvalue weighted by Crippen LogP contribution is -2.11. The van der Waals surface area contributed by atoms with Crippen LogP contribution in [0.4, 0.5) is 11.4 Å². The van der Waals surface area contributed by atoms with Crippen molar-refractivity contribution in [1.82, 2.24) is 0 Å². The lowest BCUT2D eigenvalue weighted by atomic mass is 9.97. The second-order valence-electron chi connectivity index (χ2n) is 8.70. The topological polar surface area (TPSA) is 58.6 Å². The lowest BCUT2D eigenvalue weighted by Gasteiger charge is -2.17. The molecule has 0 heterocycles. The van der Waals surface area contributed by atoms with Gasteiger partial charge in [-0.3, -0.25) is 0 Å². The molecule has 0 unspecified atom stereocenters. The summed E-state index contributed by atoms with van der Waals surface area (Å²) in [5.74, 6) is 0.156. The van der Waals surface area contributed by atoms with Gasteiger partial charge >= 0.3 is 5.97 Å². The van der Waals surface area contributed by atoms with Crippen LogP contribution < -0.4 is 10.1 Å². The fourth-order valence-electron chi connectivity index (χ4n) is 4.14. The number of carboxylic acids is 1. The number of carbonyl (C=O) groups is 1. The number of para-hydroxylation sites is 1. The summed E-state index contributed by atoms with van der Waals surface area (Å²) in [7, 11) is 0. The Kier molecular flexibility index (Phi) is 6.94. The van der Waals surface area contributed by atoms with Crippen LogP contribution in [0.15, 0.2) is 84.9 Å². The van der Waals surface area contributed by atoms with Crippen molar-refractivity contribution in [2.45, 2.75) is 26.7 Å². The van der Waals surface area contributed by atoms with Crippen LogP contribution in [-0.4, -0.2) is 17.7 Å². The molecule has 4 heteroatoms. The van der Waals surface area contributed by atoms with Crippen molar-refractivity contribution < 1.29 is 14.6 Å². The summed E-state index contributed by atoms with van der Waals surface area (Å²) >= 11 is 0. The van der Waals surface area contributed by atoms with Gasteiger partial charge in [-0.05, 0) is 58.5 Å². The van der Waals surface area contributed by atoms with Crippen molar-refractivity contribution in [2.75, 3.05) is 11.9 Å². The molecular formula is C29H29NO3. The summed E-state index contributed by atoms with van der Waals surface area (Å²) in [5.41, 5.74) is 5.42. The quantitative estimate of drug-likeness (QED) is 0.300. The maximum absolute atomic E-state index is 11.1. The van der Waals surface area contributed by atoms with Crippen molar-refractivity contribution in [2.24, 2.45) is 5.92 Å². The van der Waals surface area contributed by atoms with Crippen molar-refractivity contribution >= 4 is 28.1 Å². The molecule has 0 aromatic heterocycles. The summed E-state index contributed by atoms with van der Waals surface area (Å²) in [6.45, 7) is 4.06. The summed E-state index contributed by atoms with van der Waals surface area (Å²) < 4.78 is 5.64. The van der Waals surface area contributed by atoms with Crippen molar-refractivity contribution in [3.8, 4) is 5.75 Å². The molecule has 0 spiro atoms. The zero-order valence-electron chi connectivity index (χ0n) is 19.0. The summed E-state index contributed by atoms with van der Waals surface area (Å²) in [5, 5.41) is 15.0. The molecule has 0 aliphatic rings. The summed E-state index contributed by atoms with van der Waals surface area (Å²) in [6, 6.07) is 28.8. The molecule has 33 heavy (non-hydrogen) atoms. The standard InChI is InChI=1S/C29H29NO3/c1-20(2)16-23-9-4-6-13-27(23)30-25-14-15-28(33-19-29(31)32)24(18-25)17-22-11-7-10-21-8-3-5-12-26(21)22/h3-15,18,20,30H,16-17,19H2,1-2H3,(H,31,32). The molecular weight excluding hydrogens is 410 g/mol. The first kappa shape index (κ1) is 22.4. The number of carboxylic acid groups (broad SMARTS) is 1. The van der Waals surface area contributed by atoms with Crippen LogP contribution in [0.3, 0.4) is 0 Å². The summed E-state index contributed by atoms with van der Waals surface area (Å²) in [4.78, 5) is 11.1. The monoisotopic (exact) mass is 439 g/mol. The molecule has 4 rings (SSSR count). The molecule has 0 fully saturated rings. The van der Waals surface area contributed by atoms with E-state index in [2.05, 4.69) is 73.8 Å². The second kappa shape index (κ2) is 10.2. The first-order valence-corrected chi connectivity index (χ1v) is 11.3. The molecule has 2 N–H and O–H groups in total. The molecule has 0 radical (unpaired) electrons. The Morgan fingerprint density at radius 3 is 2.42 bits per heavy atom. The first-order chi connectivity index (χ1) is 16.0. The second-order valence-corrected chi connectivity index (χ2v) is 8.70. The van der Waals surface area contributed by atoms with E-state index in [1.54, 1.807) is 0 Å². The van der Waals surface area contributed by atoms with Gasteiger partial charge in [0.05, 0.1) is 0 Å². The third kappa shape index (κ3) is 5.72. The Hall–Kier alpha value is -3.79. The van der Waals surface area contributed by atoms with E-state index in [4.69, 9.17) is 9.84 Å². The van der Waals surface area contributed by atoms with Gasteiger partial charge in [-0.15, -0.1) is 0 Å². The molecule has 0 saturated heterocycles. The maximum Gasteiger partial charge on any atom is 0.341 e. The van der Waals surface area contributed by atoms with Crippen LogP contribution in [0, 0.1) is 5.92 Å². The van der Waals surface area contributed by atoms with Crippen LogP contribution in [0.25, 0.3) is 10.8 Å². The maximum atomic E-state index is 11.1. The fourth-order valence-corrected chi connectivity index (χ4v) is 4.14. The highest BCUT2D eigenvalue weighted by atomic mass is 16.5. The minimum Gasteiger partial charge on any atom is -0.482 e. The number of benzene rings is 4. The number of hydrogen-bond acceptors (Lipinski definition) is 3. The van der Waals surface area contributed by atoms with Crippen molar-refractivity contribution in [3.63, 3.8) is 0 Å². The van der Waals surface area contributed by atoms with E-state index in [1.165, 1.54) is 21.9 Å². The van der Waals surface area contributed by atoms with Gasteiger partial charge in [0, 0.05) is 23.4 Å². The van der Waals surface area contributed by atoms with E-state index in [0.29, 0.717) is 18.1 Å².